The Kier molecular flexibility index (Phi) is 5.99. The van der Waals surface area contributed by atoms with Crippen LogP contribution in [0.2, 0.25) is 0 Å². The summed E-state index contributed by atoms with van der Waals surface area (Å²) in [6, 6.07) is 21.5. The summed E-state index contributed by atoms with van der Waals surface area (Å²) in [6.45, 7) is 1.71. The smallest absolute Gasteiger partial charge is 0.270 e. The monoisotopic (exact) mass is 389 g/mol. The second-order valence-electron chi connectivity index (χ2n) is 6.45. The molecule has 0 saturated carbocycles. The van der Waals surface area contributed by atoms with Crippen molar-refractivity contribution in [3.05, 3.63) is 100 Å². The number of non-ortho nitro benzene ring substituents is 1. The highest BCUT2D eigenvalue weighted by Crippen LogP contribution is 2.20. The third-order valence-corrected chi connectivity index (χ3v) is 4.25. The van der Waals surface area contributed by atoms with Gasteiger partial charge in [-0.3, -0.25) is 24.6 Å². The molecule has 0 radical (unpaired) electrons. The molecule has 2 amide bonds. The highest BCUT2D eigenvalue weighted by atomic mass is 16.6. The van der Waals surface area contributed by atoms with Crippen molar-refractivity contribution in [2.24, 2.45) is 0 Å². The Hall–Kier alpha value is -4.00. The number of hydrogen-bond acceptors (Lipinski definition) is 4. The zero-order valence-corrected chi connectivity index (χ0v) is 15.7. The number of amides is 2. The van der Waals surface area contributed by atoms with E-state index in [4.69, 9.17) is 0 Å². The summed E-state index contributed by atoms with van der Waals surface area (Å²) in [5.74, 6) is -0.879. The summed E-state index contributed by atoms with van der Waals surface area (Å²) in [5.41, 5.74) is 2.15. The van der Waals surface area contributed by atoms with Crippen molar-refractivity contribution in [1.82, 2.24) is 0 Å². The Morgan fingerprint density at radius 2 is 1.66 bits per heavy atom. The molecule has 0 aliphatic heterocycles. The van der Waals surface area contributed by atoms with Crippen LogP contribution in [-0.2, 0) is 4.79 Å². The van der Waals surface area contributed by atoms with Crippen molar-refractivity contribution < 1.29 is 14.5 Å². The third kappa shape index (κ3) is 5.04. The second kappa shape index (κ2) is 8.79. The van der Waals surface area contributed by atoms with Crippen LogP contribution in [0.3, 0.4) is 0 Å². The molecule has 29 heavy (non-hydrogen) atoms. The van der Waals surface area contributed by atoms with Crippen LogP contribution in [-0.4, -0.2) is 23.3 Å². The molecule has 0 saturated heterocycles. The number of nitro benzene ring substituents is 1. The van der Waals surface area contributed by atoms with Crippen molar-refractivity contribution in [3.63, 3.8) is 0 Å². The van der Waals surface area contributed by atoms with Crippen molar-refractivity contribution in [1.29, 1.82) is 0 Å². The molecule has 7 heteroatoms. The molecule has 0 aliphatic carbocycles. The van der Waals surface area contributed by atoms with E-state index in [0.29, 0.717) is 11.4 Å². The quantitative estimate of drug-likeness (QED) is 0.505. The average molecular weight is 389 g/mol. The van der Waals surface area contributed by atoms with Gasteiger partial charge in [-0.1, -0.05) is 42.0 Å². The molecule has 1 N–H and O–H groups in total. The fraction of sp³-hybridized carbons (Fsp3) is 0.0909. The first-order chi connectivity index (χ1) is 13.9. The summed E-state index contributed by atoms with van der Waals surface area (Å²) in [7, 11) is 0. The van der Waals surface area contributed by atoms with Crippen molar-refractivity contribution in [2.45, 2.75) is 6.92 Å². The van der Waals surface area contributed by atoms with E-state index in [1.54, 1.807) is 42.5 Å². The first-order valence-corrected chi connectivity index (χ1v) is 8.92. The van der Waals surface area contributed by atoms with Crippen LogP contribution in [0.25, 0.3) is 0 Å². The summed E-state index contributed by atoms with van der Waals surface area (Å²) in [5, 5.41) is 13.8. The molecule has 3 rings (SSSR count). The predicted octanol–water partition coefficient (Wildman–Crippen LogP) is 4.19. The minimum absolute atomic E-state index is 0.131. The molecule has 146 valence electrons. The SMILES string of the molecule is Cc1ccc(NC(=O)CN(C(=O)c2cccc([N+](=O)[O-])c2)c2ccccc2)cc1. The van der Waals surface area contributed by atoms with E-state index in [-0.39, 0.29) is 23.7 Å². The van der Waals surface area contributed by atoms with E-state index < -0.39 is 10.8 Å². The van der Waals surface area contributed by atoms with Crippen molar-refractivity contribution in [3.8, 4) is 0 Å². The lowest BCUT2D eigenvalue weighted by atomic mass is 10.1. The molecule has 0 aliphatic rings. The van der Waals surface area contributed by atoms with E-state index >= 15 is 0 Å². The maximum atomic E-state index is 13.1. The number of nitro groups is 1. The fourth-order valence-electron chi connectivity index (χ4n) is 2.78. The molecule has 0 spiro atoms. The minimum atomic E-state index is -0.562. The Morgan fingerprint density at radius 1 is 0.966 bits per heavy atom. The van der Waals surface area contributed by atoms with Crippen LogP contribution in [0.5, 0.6) is 0 Å². The first-order valence-electron chi connectivity index (χ1n) is 8.92. The second-order valence-corrected chi connectivity index (χ2v) is 6.45. The van der Waals surface area contributed by atoms with Gasteiger partial charge in [-0.2, -0.15) is 0 Å². The van der Waals surface area contributed by atoms with Gasteiger partial charge in [0.25, 0.3) is 11.6 Å². The summed E-state index contributed by atoms with van der Waals surface area (Å²) in [4.78, 5) is 37.4. The van der Waals surface area contributed by atoms with E-state index in [1.165, 1.54) is 29.2 Å². The lowest BCUT2D eigenvalue weighted by Crippen LogP contribution is -2.38. The van der Waals surface area contributed by atoms with Gasteiger partial charge in [-0.25, -0.2) is 0 Å². The number of nitrogens with zero attached hydrogens (tertiary/aromatic N) is 2. The predicted molar refractivity (Wildman–Crippen MR) is 111 cm³/mol. The summed E-state index contributed by atoms with van der Waals surface area (Å²) < 4.78 is 0. The van der Waals surface area contributed by atoms with Crippen molar-refractivity contribution in [2.75, 3.05) is 16.8 Å². The van der Waals surface area contributed by atoms with Crippen LogP contribution >= 0.6 is 0 Å². The Balaban J connectivity index is 1.86. The number of nitrogens with one attached hydrogen (secondary N) is 1. The van der Waals surface area contributed by atoms with Crippen LogP contribution in [0.15, 0.2) is 78.9 Å². The fourth-order valence-corrected chi connectivity index (χ4v) is 2.78. The number of rotatable bonds is 6. The molecule has 0 bridgehead atoms. The van der Waals surface area contributed by atoms with E-state index in [0.717, 1.165) is 5.56 Å². The Morgan fingerprint density at radius 3 is 2.31 bits per heavy atom. The van der Waals surface area contributed by atoms with Gasteiger partial charge in [-0.15, -0.1) is 0 Å². The van der Waals surface area contributed by atoms with Gasteiger partial charge in [0.05, 0.1) is 4.92 Å². The number of carbonyl (C=O) groups excluding carboxylic acids is 2. The molecule has 0 unspecified atom stereocenters. The maximum absolute atomic E-state index is 13.1. The van der Waals surface area contributed by atoms with Gasteiger partial charge in [0.1, 0.15) is 6.54 Å². The Bertz CT molecular complexity index is 1030. The lowest BCUT2D eigenvalue weighted by molar-refractivity contribution is -0.384. The molecular formula is C22H19N3O4. The molecule has 3 aromatic rings. The van der Waals surface area contributed by atoms with Gasteiger partial charge in [0, 0.05) is 29.1 Å². The highest BCUT2D eigenvalue weighted by molar-refractivity contribution is 6.10. The summed E-state index contributed by atoms with van der Waals surface area (Å²) >= 11 is 0. The van der Waals surface area contributed by atoms with Crippen LogP contribution in [0, 0.1) is 17.0 Å². The van der Waals surface area contributed by atoms with Gasteiger partial charge in [0.15, 0.2) is 0 Å². The van der Waals surface area contributed by atoms with Crippen molar-refractivity contribution >= 4 is 28.9 Å². The minimum Gasteiger partial charge on any atom is -0.325 e. The summed E-state index contributed by atoms with van der Waals surface area (Å²) in [6.07, 6.45) is 0. The van der Waals surface area contributed by atoms with Gasteiger partial charge in [0.2, 0.25) is 5.91 Å². The average Bonchev–Trinajstić information content (AvgIpc) is 2.74. The van der Waals surface area contributed by atoms with Gasteiger partial charge >= 0.3 is 0 Å². The van der Waals surface area contributed by atoms with E-state index in [1.807, 2.05) is 19.1 Å². The zero-order valence-electron chi connectivity index (χ0n) is 15.7. The number of hydrogen-bond donors (Lipinski definition) is 1. The standard InChI is InChI=1S/C22H19N3O4/c1-16-10-12-18(13-11-16)23-21(26)15-24(19-7-3-2-4-8-19)22(27)17-6-5-9-20(14-17)25(28)29/h2-14H,15H2,1H3,(H,23,26). The zero-order chi connectivity index (χ0) is 20.8. The molecule has 0 aromatic heterocycles. The Labute approximate surface area is 167 Å². The third-order valence-electron chi connectivity index (χ3n) is 4.25. The van der Waals surface area contributed by atoms with Crippen LogP contribution in [0.1, 0.15) is 15.9 Å². The molecule has 7 nitrogen and oxygen atoms in total. The maximum Gasteiger partial charge on any atom is 0.270 e. The van der Waals surface area contributed by atoms with E-state index in [9.17, 15) is 19.7 Å². The topological polar surface area (TPSA) is 92.6 Å². The number of carbonyl (C=O) groups is 2. The number of anilines is 2. The molecule has 0 atom stereocenters. The number of aryl methyl sites for hydroxylation is 1. The molecule has 0 heterocycles. The molecular weight excluding hydrogens is 370 g/mol. The first kappa shape index (κ1) is 19.8. The van der Waals surface area contributed by atoms with Crippen LogP contribution in [0.4, 0.5) is 17.1 Å². The largest absolute Gasteiger partial charge is 0.325 e. The lowest BCUT2D eigenvalue weighted by Gasteiger charge is -2.22. The number of para-hydroxylation sites is 1. The normalized spacial score (nSPS) is 10.2. The molecule has 3 aromatic carbocycles. The highest BCUT2D eigenvalue weighted by Gasteiger charge is 2.22. The number of benzene rings is 3. The van der Waals surface area contributed by atoms with Gasteiger partial charge < -0.3 is 5.32 Å². The van der Waals surface area contributed by atoms with E-state index in [2.05, 4.69) is 5.32 Å². The van der Waals surface area contributed by atoms with Gasteiger partial charge in [-0.05, 0) is 37.3 Å². The van der Waals surface area contributed by atoms with Crippen LogP contribution < -0.4 is 10.2 Å². The molecule has 0 fully saturated rings.